The fraction of sp³-hybridized carbons (Fsp3) is 1.00. The van der Waals surface area contributed by atoms with Gasteiger partial charge in [-0.15, -0.1) is 0 Å². The predicted molar refractivity (Wildman–Crippen MR) is 72.7 cm³/mol. The first-order valence-electron chi connectivity index (χ1n) is 7.39. The van der Waals surface area contributed by atoms with Gasteiger partial charge < -0.3 is 19.7 Å². The highest BCUT2D eigenvalue weighted by Crippen LogP contribution is 2.16. The van der Waals surface area contributed by atoms with E-state index >= 15 is 0 Å². The lowest BCUT2D eigenvalue weighted by Gasteiger charge is -2.35. The zero-order valence-corrected chi connectivity index (χ0v) is 11.9. The highest BCUT2D eigenvalue weighted by Gasteiger charge is 2.27. The molecule has 0 atom stereocenters. The molecular weight excluding hydrogens is 228 g/mol. The summed E-state index contributed by atoms with van der Waals surface area (Å²) in [6.45, 7) is 10.3. The topological polar surface area (TPSA) is 33.7 Å². The second-order valence-electron chi connectivity index (χ2n) is 5.93. The van der Waals surface area contributed by atoms with Crippen LogP contribution in [0.25, 0.3) is 0 Å². The van der Waals surface area contributed by atoms with E-state index in [9.17, 15) is 0 Å². The van der Waals surface area contributed by atoms with Crippen LogP contribution in [0.1, 0.15) is 39.5 Å². The second-order valence-corrected chi connectivity index (χ2v) is 5.93. The average Bonchev–Trinajstić information content (AvgIpc) is 2.37. The molecule has 0 radical (unpaired) electrons. The molecule has 4 nitrogen and oxygen atoms in total. The minimum absolute atomic E-state index is 0.361. The van der Waals surface area contributed by atoms with Crippen LogP contribution in [0.3, 0.4) is 0 Å². The molecule has 0 bridgehead atoms. The first kappa shape index (κ1) is 14.3. The molecule has 2 aliphatic heterocycles. The molecule has 0 aliphatic carbocycles. The monoisotopic (exact) mass is 256 g/mol. The molecule has 0 spiro atoms. The highest BCUT2D eigenvalue weighted by molar-refractivity contribution is 4.73. The lowest BCUT2D eigenvalue weighted by atomic mass is 10.1. The Bertz CT molecular complexity index is 230. The van der Waals surface area contributed by atoms with Gasteiger partial charge in [-0.05, 0) is 59.3 Å². The maximum Gasteiger partial charge on any atom is 0.162 e. The van der Waals surface area contributed by atoms with Crippen LogP contribution >= 0.6 is 0 Å². The molecule has 1 N–H and O–H groups in total. The van der Waals surface area contributed by atoms with Gasteiger partial charge in [0, 0.05) is 0 Å². The fourth-order valence-electron chi connectivity index (χ4n) is 2.60. The largest absolute Gasteiger partial charge is 0.349 e. The zero-order valence-electron chi connectivity index (χ0n) is 11.9. The van der Waals surface area contributed by atoms with E-state index < -0.39 is 5.79 Å². The molecule has 2 fully saturated rings. The fourth-order valence-corrected chi connectivity index (χ4v) is 2.60. The Labute approximate surface area is 111 Å². The molecule has 2 saturated heterocycles. The van der Waals surface area contributed by atoms with E-state index in [1.165, 1.54) is 45.3 Å². The summed E-state index contributed by atoms with van der Waals surface area (Å²) in [7, 11) is 0. The van der Waals surface area contributed by atoms with Crippen LogP contribution in [0, 0.1) is 0 Å². The summed E-state index contributed by atoms with van der Waals surface area (Å²) in [5.74, 6) is -0.397. The molecule has 0 aromatic rings. The molecule has 0 aromatic heterocycles. The van der Waals surface area contributed by atoms with Crippen LogP contribution < -0.4 is 5.32 Å². The Morgan fingerprint density at radius 3 is 2.44 bits per heavy atom. The molecule has 2 rings (SSSR count). The minimum Gasteiger partial charge on any atom is -0.349 e. The van der Waals surface area contributed by atoms with Crippen molar-refractivity contribution in [2.75, 3.05) is 39.4 Å². The first-order valence-corrected chi connectivity index (χ1v) is 7.39. The van der Waals surface area contributed by atoms with E-state index in [1.54, 1.807) is 0 Å². The zero-order chi connectivity index (χ0) is 12.8. The number of hydrogen-bond donors (Lipinski definition) is 1. The Hall–Kier alpha value is -0.160. The summed E-state index contributed by atoms with van der Waals surface area (Å²) in [6.07, 6.45) is 5.40. The Morgan fingerprint density at radius 2 is 1.78 bits per heavy atom. The molecule has 2 heterocycles. The SMILES string of the molecule is CC1(C)OCC(NCCCN2CCCCC2)CO1. The second kappa shape index (κ2) is 6.85. The summed E-state index contributed by atoms with van der Waals surface area (Å²) >= 11 is 0. The van der Waals surface area contributed by atoms with Gasteiger partial charge in [0.15, 0.2) is 5.79 Å². The summed E-state index contributed by atoms with van der Waals surface area (Å²) in [5, 5.41) is 3.52. The van der Waals surface area contributed by atoms with Gasteiger partial charge in [-0.3, -0.25) is 0 Å². The minimum atomic E-state index is -0.397. The molecule has 0 unspecified atom stereocenters. The first-order chi connectivity index (χ1) is 8.66. The molecule has 0 saturated carbocycles. The van der Waals surface area contributed by atoms with Gasteiger partial charge in [0.1, 0.15) is 0 Å². The van der Waals surface area contributed by atoms with Gasteiger partial charge in [-0.25, -0.2) is 0 Å². The Kier molecular flexibility index (Phi) is 5.42. The van der Waals surface area contributed by atoms with Gasteiger partial charge in [0.05, 0.1) is 19.3 Å². The maximum absolute atomic E-state index is 5.63. The molecule has 106 valence electrons. The van der Waals surface area contributed by atoms with Crippen molar-refractivity contribution in [2.24, 2.45) is 0 Å². The molecule has 18 heavy (non-hydrogen) atoms. The number of nitrogens with one attached hydrogen (secondary N) is 1. The number of rotatable bonds is 5. The van der Waals surface area contributed by atoms with Crippen LogP contribution in [0.4, 0.5) is 0 Å². The van der Waals surface area contributed by atoms with Crippen molar-refractivity contribution in [3.63, 3.8) is 0 Å². The maximum atomic E-state index is 5.63. The van der Waals surface area contributed by atoms with Crippen LogP contribution in [0.5, 0.6) is 0 Å². The summed E-state index contributed by atoms with van der Waals surface area (Å²) in [5.41, 5.74) is 0. The third-order valence-electron chi connectivity index (χ3n) is 3.80. The number of ether oxygens (including phenoxy) is 2. The van der Waals surface area contributed by atoms with E-state index in [1.807, 2.05) is 13.8 Å². The number of likely N-dealkylation sites (tertiary alicyclic amines) is 1. The molecule has 2 aliphatic rings. The van der Waals surface area contributed by atoms with Gasteiger partial charge >= 0.3 is 0 Å². The average molecular weight is 256 g/mol. The quantitative estimate of drug-likeness (QED) is 0.758. The van der Waals surface area contributed by atoms with Crippen molar-refractivity contribution in [3.8, 4) is 0 Å². The lowest BCUT2D eigenvalue weighted by molar-refractivity contribution is -0.252. The Morgan fingerprint density at radius 1 is 1.11 bits per heavy atom. The number of hydrogen-bond acceptors (Lipinski definition) is 4. The van der Waals surface area contributed by atoms with E-state index in [-0.39, 0.29) is 0 Å². The molecule has 0 amide bonds. The van der Waals surface area contributed by atoms with Crippen LogP contribution in [0.2, 0.25) is 0 Å². The summed E-state index contributed by atoms with van der Waals surface area (Å²) < 4.78 is 11.3. The third-order valence-corrected chi connectivity index (χ3v) is 3.80. The van der Waals surface area contributed by atoms with Crippen LogP contribution in [-0.4, -0.2) is 56.1 Å². The smallest absolute Gasteiger partial charge is 0.162 e. The van der Waals surface area contributed by atoms with Crippen LogP contribution in [-0.2, 0) is 9.47 Å². The molecule has 4 heteroatoms. The van der Waals surface area contributed by atoms with E-state index in [4.69, 9.17) is 9.47 Å². The standard InChI is InChI=1S/C14H28N2O2/c1-14(2)17-11-13(12-18-14)15-7-6-10-16-8-4-3-5-9-16/h13,15H,3-12H2,1-2H3. The van der Waals surface area contributed by atoms with Crippen molar-refractivity contribution in [1.82, 2.24) is 10.2 Å². The van der Waals surface area contributed by atoms with Crippen LogP contribution in [0.15, 0.2) is 0 Å². The third kappa shape index (κ3) is 4.84. The van der Waals surface area contributed by atoms with Gasteiger partial charge in [-0.2, -0.15) is 0 Å². The summed E-state index contributed by atoms with van der Waals surface area (Å²) in [4.78, 5) is 2.59. The van der Waals surface area contributed by atoms with Crippen molar-refractivity contribution in [1.29, 1.82) is 0 Å². The molecule has 0 aromatic carbocycles. The van der Waals surface area contributed by atoms with E-state index in [2.05, 4.69) is 10.2 Å². The van der Waals surface area contributed by atoms with E-state index in [0.717, 1.165) is 19.8 Å². The number of piperidine rings is 1. The normalized spacial score (nSPS) is 26.3. The van der Waals surface area contributed by atoms with Crippen molar-refractivity contribution in [2.45, 2.75) is 51.4 Å². The molecular formula is C14H28N2O2. The summed E-state index contributed by atoms with van der Waals surface area (Å²) in [6, 6.07) is 0.361. The number of nitrogens with zero attached hydrogens (tertiary/aromatic N) is 1. The van der Waals surface area contributed by atoms with Crippen molar-refractivity contribution < 1.29 is 9.47 Å². The lowest BCUT2D eigenvalue weighted by Crippen LogP contribution is -2.49. The van der Waals surface area contributed by atoms with E-state index in [0.29, 0.717) is 6.04 Å². The van der Waals surface area contributed by atoms with Gasteiger partial charge in [-0.1, -0.05) is 6.42 Å². The van der Waals surface area contributed by atoms with Gasteiger partial charge in [0.25, 0.3) is 0 Å². The van der Waals surface area contributed by atoms with Gasteiger partial charge in [0.2, 0.25) is 0 Å². The van der Waals surface area contributed by atoms with Crippen molar-refractivity contribution in [3.05, 3.63) is 0 Å². The Balaban J connectivity index is 1.50. The highest BCUT2D eigenvalue weighted by atomic mass is 16.7. The predicted octanol–water partition coefficient (Wildman–Crippen LogP) is 1.60. The van der Waals surface area contributed by atoms with Crippen molar-refractivity contribution >= 4 is 0 Å².